The summed E-state index contributed by atoms with van der Waals surface area (Å²) in [6.45, 7) is 11.3. The fraction of sp³-hybridized carbons (Fsp3) is 0.367. The van der Waals surface area contributed by atoms with Crippen LogP contribution >= 0.6 is 0 Å². The van der Waals surface area contributed by atoms with E-state index in [0.29, 0.717) is 12.5 Å². The van der Waals surface area contributed by atoms with E-state index in [9.17, 15) is 4.79 Å². The Labute approximate surface area is 213 Å². The fourth-order valence-electron chi connectivity index (χ4n) is 5.20. The lowest BCUT2D eigenvalue weighted by Gasteiger charge is -2.31. The summed E-state index contributed by atoms with van der Waals surface area (Å²) < 4.78 is 7.31. The van der Waals surface area contributed by atoms with Crippen LogP contribution in [0.1, 0.15) is 37.3 Å². The Kier molecular flexibility index (Phi) is 6.88. The number of aryl methyl sites for hydroxylation is 2. The van der Waals surface area contributed by atoms with Crippen molar-refractivity contribution >= 4 is 22.3 Å². The number of benzene rings is 1. The molecule has 6 heteroatoms. The summed E-state index contributed by atoms with van der Waals surface area (Å²) in [5.41, 5.74) is 7.54. The Balaban J connectivity index is 1.55. The van der Waals surface area contributed by atoms with Gasteiger partial charge < -0.3 is 9.64 Å². The van der Waals surface area contributed by atoms with Gasteiger partial charge in [-0.05, 0) is 71.4 Å². The third-order valence-corrected chi connectivity index (χ3v) is 7.48. The van der Waals surface area contributed by atoms with Gasteiger partial charge in [0.05, 0.1) is 11.9 Å². The van der Waals surface area contributed by atoms with E-state index in [-0.39, 0.29) is 5.91 Å². The van der Waals surface area contributed by atoms with Crippen LogP contribution in [0.3, 0.4) is 0 Å². The first-order valence-electron chi connectivity index (χ1n) is 12.7. The van der Waals surface area contributed by atoms with Gasteiger partial charge in [0, 0.05) is 63.6 Å². The molecule has 4 heterocycles. The number of pyridine rings is 1. The average molecular weight is 483 g/mol. The van der Waals surface area contributed by atoms with Crippen LogP contribution in [0.25, 0.3) is 27.6 Å². The quantitative estimate of drug-likeness (QED) is 0.483. The molecule has 1 amide bonds. The van der Waals surface area contributed by atoms with E-state index in [2.05, 4.69) is 49.0 Å². The molecular weight excluding hydrogens is 448 g/mol. The van der Waals surface area contributed by atoms with E-state index < -0.39 is 0 Å². The second-order valence-electron chi connectivity index (χ2n) is 9.93. The molecule has 2 aliphatic rings. The first kappa shape index (κ1) is 24.2. The predicted molar refractivity (Wildman–Crippen MR) is 144 cm³/mol. The molecule has 186 valence electrons. The molecule has 1 saturated heterocycles. The fourth-order valence-corrected chi connectivity index (χ4v) is 5.20. The van der Waals surface area contributed by atoms with Gasteiger partial charge in [0.25, 0.3) is 0 Å². The number of amides is 1. The summed E-state index contributed by atoms with van der Waals surface area (Å²) >= 11 is 0. The van der Waals surface area contributed by atoms with Crippen molar-refractivity contribution in [2.45, 2.75) is 33.1 Å². The molecule has 0 atom stereocenters. The van der Waals surface area contributed by atoms with E-state index in [1.165, 1.54) is 11.1 Å². The van der Waals surface area contributed by atoms with Crippen molar-refractivity contribution in [2.75, 3.05) is 26.3 Å². The van der Waals surface area contributed by atoms with Crippen LogP contribution in [0.4, 0.5) is 0 Å². The van der Waals surface area contributed by atoms with Gasteiger partial charge in [-0.1, -0.05) is 30.9 Å². The van der Waals surface area contributed by atoms with E-state index in [4.69, 9.17) is 9.72 Å². The van der Waals surface area contributed by atoms with Crippen LogP contribution in [-0.2, 0) is 16.6 Å². The Morgan fingerprint density at radius 1 is 1.19 bits per heavy atom. The molecule has 2 aliphatic heterocycles. The van der Waals surface area contributed by atoms with Crippen LogP contribution in [0.5, 0.6) is 0 Å². The van der Waals surface area contributed by atoms with Gasteiger partial charge in [0.1, 0.15) is 0 Å². The van der Waals surface area contributed by atoms with Gasteiger partial charge in [-0.25, -0.2) is 0 Å². The molecule has 0 radical (unpaired) electrons. The Bertz CT molecular complexity index is 1370. The smallest absolute Gasteiger partial charge is 0.219 e. The highest BCUT2D eigenvalue weighted by Crippen LogP contribution is 2.36. The molecule has 0 aliphatic carbocycles. The third kappa shape index (κ3) is 4.91. The minimum Gasteiger partial charge on any atom is -0.381 e. The zero-order valence-corrected chi connectivity index (χ0v) is 21.5. The van der Waals surface area contributed by atoms with E-state index in [1.54, 1.807) is 11.6 Å². The number of hydrogen-bond acceptors (Lipinski definition) is 4. The number of hydrogen-bond donors (Lipinski definition) is 0. The monoisotopic (exact) mass is 482 g/mol. The molecule has 0 saturated carbocycles. The molecule has 1 fully saturated rings. The first-order chi connectivity index (χ1) is 17.4. The minimum absolute atomic E-state index is 0.101. The number of carbonyl (C=O) groups is 1. The zero-order chi connectivity index (χ0) is 25.2. The molecule has 5 rings (SSSR count). The van der Waals surface area contributed by atoms with Gasteiger partial charge in [-0.15, -0.1) is 0 Å². The normalized spacial score (nSPS) is 17.4. The SMILES string of the molecule is C=C(C1=C(/C=C/C2CCOCC2)CCN(C(C)=O)C1)c1ccc(C)c2cc(-c3cnn(C)c3)ncc12. The molecule has 36 heavy (non-hydrogen) atoms. The van der Waals surface area contributed by atoms with Crippen LogP contribution in [0.15, 0.2) is 66.7 Å². The number of ether oxygens (including phenoxy) is 1. The van der Waals surface area contributed by atoms with Crippen molar-refractivity contribution in [3.8, 4) is 11.3 Å². The number of carbonyl (C=O) groups excluding carboxylic acids is 1. The minimum atomic E-state index is 0.101. The highest BCUT2D eigenvalue weighted by atomic mass is 16.5. The maximum Gasteiger partial charge on any atom is 0.219 e. The summed E-state index contributed by atoms with van der Waals surface area (Å²) in [5, 5.41) is 6.53. The predicted octanol–water partition coefficient (Wildman–Crippen LogP) is 5.49. The van der Waals surface area contributed by atoms with Crippen molar-refractivity contribution < 1.29 is 9.53 Å². The molecule has 6 nitrogen and oxygen atoms in total. The summed E-state index contributed by atoms with van der Waals surface area (Å²) in [5.74, 6) is 0.645. The highest BCUT2D eigenvalue weighted by Gasteiger charge is 2.23. The molecule has 1 aromatic carbocycles. The zero-order valence-electron chi connectivity index (χ0n) is 21.5. The molecule has 0 unspecified atom stereocenters. The van der Waals surface area contributed by atoms with Crippen LogP contribution in [-0.4, -0.2) is 51.9 Å². The van der Waals surface area contributed by atoms with E-state index in [1.807, 2.05) is 30.5 Å². The lowest BCUT2D eigenvalue weighted by Crippen LogP contribution is -2.35. The van der Waals surface area contributed by atoms with E-state index >= 15 is 0 Å². The number of allylic oxidation sites excluding steroid dienone is 2. The average Bonchev–Trinajstić information content (AvgIpc) is 3.34. The number of aromatic nitrogens is 3. The Morgan fingerprint density at radius 2 is 2.00 bits per heavy atom. The number of rotatable bonds is 5. The van der Waals surface area contributed by atoms with Crippen molar-refractivity contribution in [3.63, 3.8) is 0 Å². The van der Waals surface area contributed by atoms with Gasteiger partial charge in [0.15, 0.2) is 0 Å². The number of fused-ring (bicyclic) bond motifs is 1. The maximum atomic E-state index is 12.3. The Hall–Kier alpha value is -3.51. The number of nitrogens with zero attached hydrogens (tertiary/aromatic N) is 4. The van der Waals surface area contributed by atoms with Crippen molar-refractivity contribution in [2.24, 2.45) is 13.0 Å². The van der Waals surface area contributed by atoms with Gasteiger partial charge in [0.2, 0.25) is 5.91 Å². The Morgan fingerprint density at radius 3 is 2.72 bits per heavy atom. The van der Waals surface area contributed by atoms with Gasteiger partial charge >= 0.3 is 0 Å². The second-order valence-corrected chi connectivity index (χ2v) is 9.93. The standard InChI is InChI=1S/C30H34N4O2/c1-20-5-8-26(28-17-31-30(15-27(20)28)25-16-32-33(4)18-25)21(2)29-19-34(22(3)35)12-9-24(29)7-6-23-10-13-36-14-11-23/h5-8,15-18,23H,2,9-14,19H2,1,3-4H3/b7-6+. The molecule has 3 aromatic rings. The molecule has 2 aromatic heterocycles. The van der Waals surface area contributed by atoms with E-state index in [0.717, 1.165) is 77.8 Å². The molecule has 0 spiro atoms. The second kappa shape index (κ2) is 10.2. The maximum absolute atomic E-state index is 12.3. The molecule has 0 N–H and O–H groups in total. The summed E-state index contributed by atoms with van der Waals surface area (Å²) in [7, 11) is 1.91. The van der Waals surface area contributed by atoms with Gasteiger partial charge in [-0.3, -0.25) is 14.5 Å². The molecular formula is C30H34N4O2. The van der Waals surface area contributed by atoms with Crippen molar-refractivity contribution in [1.82, 2.24) is 19.7 Å². The lowest BCUT2D eigenvalue weighted by atomic mass is 9.87. The van der Waals surface area contributed by atoms with Gasteiger partial charge in [-0.2, -0.15) is 5.10 Å². The van der Waals surface area contributed by atoms with Crippen molar-refractivity contribution in [1.29, 1.82) is 0 Å². The summed E-state index contributed by atoms with van der Waals surface area (Å²) in [6.07, 6.45) is 13.3. The topological polar surface area (TPSA) is 60.2 Å². The first-order valence-corrected chi connectivity index (χ1v) is 12.7. The van der Waals surface area contributed by atoms with Crippen molar-refractivity contribution in [3.05, 3.63) is 77.8 Å². The van der Waals surface area contributed by atoms with Crippen LogP contribution in [0, 0.1) is 12.8 Å². The summed E-state index contributed by atoms with van der Waals surface area (Å²) in [4.78, 5) is 19.0. The summed E-state index contributed by atoms with van der Waals surface area (Å²) in [6, 6.07) is 6.44. The lowest BCUT2D eigenvalue weighted by molar-refractivity contribution is -0.128. The third-order valence-electron chi connectivity index (χ3n) is 7.48. The van der Waals surface area contributed by atoms with Crippen LogP contribution < -0.4 is 0 Å². The largest absolute Gasteiger partial charge is 0.381 e. The highest BCUT2D eigenvalue weighted by molar-refractivity contribution is 6.00. The van der Waals surface area contributed by atoms with Crippen LogP contribution in [0.2, 0.25) is 0 Å². The molecule has 0 bridgehead atoms.